The third kappa shape index (κ3) is 6.61. The zero-order chi connectivity index (χ0) is 31.2. The van der Waals surface area contributed by atoms with Crippen molar-refractivity contribution < 1.29 is 28.2 Å². The second-order valence-electron chi connectivity index (χ2n) is 10.9. The molecule has 3 aromatic rings. The van der Waals surface area contributed by atoms with Crippen molar-refractivity contribution in [2.75, 3.05) is 44.3 Å². The molecule has 0 bridgehead atoms. The van der Waals surface area contributed by atoms with E-state index in [2.05, 4.69) is 4.90 Å². The molecule has 2 heterocycles. The molecule has 3 aromatic carbocycles. The number of amides is 2. The molecule has 0 spiro atoms. The molecule has 8 nitrogen and oxygen atoms in total. The fourth-order valence-corrected chi connectivity index (χ4v) is 5.97. The van der Waals surface area contributed by atoms with Crippen molar-refractivity contribution in [3.63, 3.8) is 0 Å². The predicted octanol–water partition coefficient (Wildman–Crippen LogP) is 5.54. The minimum Gasteiger partial charge on any atom is -0.492 e. The highest BCUT2D eigenvalue weighted by Crippen LogP contribution is 2.38. The van der Waals surface area contributed by atoms with E-state index in [9.17, 15) is 18.8 Å². The Hall–Kier alpha value is -4.66. The van der Waals surface area contributed by atoms with Gasteiger partial charge in [-0.1, -0.05) is 36.4 Å². The van der Waals surface area contributed by atoms with Crippen molar-refractivity contribution in [2.45, 2.75) is 39.7 Å². The van der Waals surface area contributed by atoms with Crippen molar-refractivity contribution in [1.29, 1.82) is 0 Å². The van der Waals surface area contributed by atoms with Crippen LogP contribution in [0.3, 0.4) is 0 Å². The summed E-state index contributed by atoms with van der Waals surface area (Å²) in [5, 5.41) is 0. The molecule has 0 aliphatic carbocycles. The van der Waals surface area contributed by atoms with Crippen LogP contribution >= 0.6 is 0 Å². The summed E-state index contributed by atoms with van der Waals surface area (Å²) in [6, 6.07) is 21.1. The van der Waals surface area contributed by atoms with E-state index in [1.165, 1.54) is 12.1 Å². The van der Waals surface area contributed by atoms with E-state index in [1.54, 1.807) is 36.9 Å². The van der Waals surface area contributed by atoms with Crippen LogP contribution in [0, 0.1) is 5.82 Å². The molecular formula is C35H38FN3O5. The Bertz CT molecular complexity index is 1550. The Labute approximate surface area is 257 Å². The highest BCUT2D eigenvalue weighted by atomic mass is 19.1. The second-order valence-corrected chi connectivity index (χ2v) is 10.9. The number of piperazine rings is 1. The number of carbonyl (C=O) groups excluding carboxylic acids is 3. The molecule has 9 heteroatoms. The SMILES string of the molecule is CCOC(=O)C1=C(C)N(Cc2cccc(C(=O)N3CCN(c4ccccc4OCC)CC3)c2)C(=O)C[C@@H]1c1ccc(F)cc1. The molecule has 2 amide bonds. The van der Waals surface area contributed by atoms with E-state index in [0.29, 0.717) is 55.2 Å². The molecule has 0 saturated carbocycles. The van der Waals surface area contributed by atoms with Crippen LogP contribution in [0.4, 0.5) is 10.1 Å². The summed E-state index contributed by atoms with van der Waals surface area (Å²) in [6.45, 7) is 8.93. The number of halogens is 1. The number of hydrogen-bond acceptors (Lipinski definition) is 6. The van der Waals surface area contributed by atoms with E-state index < -0.39 is 11.9 Å². The minimum atomic E-state index is -0.537. The zero-order valence-electron chi connectivity index (χ0n) is 25.4. The molecule has 0 N–H and O–H groups in total. The molecule has 44 heavy (non-hydrogen) atoms. The standard InChI is InChI=1S/C35H38FN3O5/c1-4-43-31-12-7-6-11-30(31)37-17-19-38(20-18-37)34(41)27-10-8-9-25(21-27)23-39-24(3)33(35(42)44-5-2)29(22-32(39)40)26-13-15-28(36)16-14-26/h6-16,21,29H,4-5,17-20,22-23H2,1-3H3/t29-/m1/s1. The Morgan fingerprint density at radius 1 is 0.909 bits per heavy atom. The highest BCUT2D eigenvalue weighted by Gasteiger charge is 2.37. The van der Waals surface area contributed by atoms with E-state index in [4.69, 9.17) is 9.47 Å². The van der Waals surface area contributed by atoms with Crippen LogP contribution in [0.1, 0.15) is 54.6 Å². The Morgan fingerprint density at radius 2 is 1.64 bits per heavy atom. The van der Waals surface area contributed by atoms with Gasteiger partial charge in [-0.3, -0.25) is 9.59 Å². The van der Waals surface area contributed by atoms with Gasteiger partial charge in [-0.2, -0.15) is 0 Å². The van der Waals surface area contributed by atoms with E-state index in [1.807, 2.05) is 54.3 Å². The van der Waals surface area contributed by atoms with Crippen molar-refractivity contribution >= 4 is 23.5 Å². The number of benzene rings is 3. The maximum absolute atomic E-state index is 13.6. The monoisotopic (exact) mass is 599 g/mol. The molecule has 0 unspecified atom stereocenters. The summed E-state index contributed by atoms with van der Waals surface area (Å²) in [4.78, 5) is 45.7. The molecular weight excluding hydrogens is 561 g/mol. The highest BCUT2D eigenvalue weighted by molar-refractivity contribution is 5.96. The Kier molecular flexibility index (Phi) is 9.62. The summed E-state index contributed by atoms with van der Waals surface area (Å²) < 4.78 is 24.8. The number of ether oxygens (including phenoxy) is 2. The predicted molar refractivity (Wildman–Crippen MR) is 166 cm³/mol. The van der Waals surface area contributed by atoms with Gasteiger partial charge in [0.1, 0.15) is 11.6 Å². The van der Waals surface area contributed by atoms with Gasteiger partial charge in [-0.05, 0) is 68.3 Å². The molecule has 5 rings (SSSR count). The molecule has 2 aliphatic heterocycles. The summed E-state index contributed by atoms with van der Waals surface area (Å²) in [5.74, 6) is -0.807. The van der Waals surface area contributed by atoms with E-state index >= 15 is 0 Å². The number of rotatable bonds is 9. The van der Waals surface area contributed by atoms with Gasteiger partial charge in [0.05, 0.1) is 31.0 Å². The lowest BCUT2D eigenvalue weighted by atomic mass is 9.83. The van der Waals surface area contributed by atoms with Gasteiger partial charge in [0, 0.05) is 49.8 Å². The first-order valence-corrected chi connectivity index (χ1v) is 15.1. The summed E-state index contributed by atoms with van der Waals surface area (Å²) in [7, 11) is 0. The average molecular weight is 600 g/mol. The number of para-hydroxylation sites is 2. The third-order valence-corrected chi connectivity index (χ3v) is 8.18. The topological polar surface area (TPSA) is 79.4 Å². The van der Waals surface area contributed by atoms with Crippen LogP contribution in [0.15, 0.2) is 84.1 Å². The normalized spacial score (nSPS) is 17.1. The van der Waals surface area contributed by atoms with Crippen LogP contribution in [0.2, 0.25) is 0 Å². The van der Waals surface area contributed by atoms with Gasteiger partial charge in [0.15, 0.2) is 0 Å². The smallest absolute Gasteiger partial charge is 0.336 e. The van der Waals surface area contributed by atoms with Gasteiger partial charge in [-0.15, -0.1) is 0 Å². The first-order valence-electron chi connectivity index (χ1n) is 15.1. The lowest BCUT2D eigenvalue weighted by Gasteiger charge is -2.37. The second kappa shape index (κ2) is 13.8. The van der Waals surface area contributed by atoms with Crippen LogP contribution in [0.5, 0.6) is 5.75 Å². The zero-order valence-corrected chi connectivity index (χ0v) is 25.4. The molecule has 0 radical (unpaired) electrons. The summed E-state index contributed by atoms with van der Waals surface area (Å²) >= 11 is 0. The summed E-state index contributed by atoms with van der Waals surface area (Å²) in [6.07, 6.45) is 0.0481. The van der Waals surface area contributed by atoms with Gasteiger partial charge in [0.25, 0.3) is 5.91 Å². The molecule has 1 saturated heterocycles. The van der Waals surface area contributed by atoms with Crippen LogP contribution < -0.4 is 9.64 Å². The first kappa shape index (κ1) is 30.8. The molecule has 2 aliphatic rings. The van der Waals surface area contributed by atoms with Gasteiger partial charge < -0.3 is 24.2 Å². The van der Waals surface area contributed by atoms with Crippen molar-refractivity contribution in [3.05, 3.63) is 107 Å². The maximum atomic E-state index is 13.6. The van der Waals surface area contributed by atoms with Gasteiger partial charge in [0.2, 0.25) is 5.91 Å². The van der Waals surface area contributed by atoms with Crippen molar-refractivity contribution in [1.82, 2.24) is 9.80 Å². The van der Waals surface area contributed by atoms with Crippen molar-refractivity contribution in [3.8, 4) is 5.75 Å². The van der Waals surface area contributed by atoms with E-state index in [-0.39, 0.29) is 37.2 Å². The lowest BCUT2D eigenvalue weighted by molar-refractivity contribution is -0.140. The average Bonchev–Trinajstić information content (AvgIpc) is 3.03. The van der Waals surface area contributed by atoms with Crippen LogP contribution in [-0.2, 0) is 20.9 Å². The van der Waals surface area contributed by atoms with Crippen LogP contribution in [-0.4, -0.2) is 67.0 Å². The molecule has 1 fully saturated rings. The maximum Gasteiger partial charge on any atom is 0.336 e. The Balaban J connectivity index is 1.32. The van der Waals surface area contributed by atoms with E-state index in [0.717, 1.165) is 17.0 Å². The first-order chi connectivity index (χ1) is 21.3. The van der Waals surface area contributed by atoms with Gasteiger partial charge >= 0.3 is 5.97 Å². The molecule has 0 aromatic heterocycles. The minimum absolute atomic E-state index is 0.0481. The number of allylic oxidation sites excluding steroid dienone is 1. The fraction of sp³-hybridized carbons (Fsp3) is 0.343. The number of anilines is 1. The number of esters is 1. The fourth-order valence-electron chi connectivity index (χ4n) is 5.97. The molecule has 230 valence electrons. The van der Waals surface area contributed by atoms with Crippen LogP contribution in [0.25, 0.3) is 0 Å². The van der Waals surface area contributed by atoms with Crippen molar-refractivity contribution in [2.24, 2.45) is 0 Å². The Morgan fingerprint density at radius 3 is 2.34 bits per heavy atom. The number of hydrogen-bond donors (Lipinski definition) is 0. The number of nitrogens with zero attached hydrogens (tertiary/aromatic N) is 3. The quantitative estimate of drug-likeness (QED) is 0.301. The van der Waals surface area contributed by atoms with Gasteiger partial charge in [-0.25, -0.2) is 9.18 Å². The molecule has 1 atom stereocenters. The third-order valence-electron chi connectivity index (χ3n) is 8.18. The largest absolute Gasteiger partial charge is 0.492 e. The number of carbonyl (C=O) groups is 3. The lowest BCUT2D eigenvalue weighted by Crippen LogP contribution is -2.48. The summed E-state index contributed by atoms with van der Waals surface area (Å²) in [5.41, 5.74) is 3.91.